The van der Waals surface area contributed by atoms with Crippen LogP contribution in [0.3, 0.4) is 0 Å². The molecule has 0 aliphatic carbocycles. The van der Waals surface area contributed by atoms with Crippen molar-refractivity contribution in [1.82, 2.24) is 4.90 Å². The van der Waals surface area contributed by atoms with Gasteiger partial charge in [0.05, 0.1) is 19.2 Å². The highest BCUT2D eigenvalue weighted by atomic mass is 16.7. The Kier molecular flexibility index (Phi) is 10.3. The van der Waals surface area contributed by atoms with Crippen molar-refractivity contribution in [2.45, 2.75) is 82.1 Å². The zero-order valence-electron chi connectivity index (χ0n) is 19.8. The summed E-state index contributed by atoms with van der Waals surface area (Å²) in [5.74, 6) is -0.840. The maximum Gasteiger partial charge on any atom is 0.410 e. The molecule has 2 heterocycles. The monoisotopic (exact) mass is 497 g/mol. The lowest BCUT2D eigenvalue weighted by Crippen LogP contribution is -2.58. The summed E-state index contributed by atoms with van der Waals surface area (Å²) >= 11 is 0. The molecule has 4 N–H and O–H groups in total. The summed E-state index contributed by atoms with van der Waals surface area (Å²) in [7, 11) is 0. The van der Waals surface area contributed by atoms with Gasteiger partial charge in [-0.05, 0) is 25.3 Å². The number of rotatable bonds is 11. The Bertz CT molecular complexity index is 809. The Morgan fingerprint density at radius 3 is 2.43 bits per heavy atom. The van der Waals surface area contributed by atoms with Crippen molar-refractivity contribution in [3.05, 3.63) is 35.9 Å². The van der Waals surface area contributed by atoms with Gasteiger partial charge >= 0.3 is 12.1 Å². The van der Waals surface area contributed by atoms with E-state index in [0.717, 1.165) is 5.56 Å². The Morgan fingerprint density at radius 1 is 1.00 bits per heavy atom. The van der Waals surface area contributed by atoms with Gasteiger partial charge in [-0.1, -0.05) is 36.8 Å². The highest BCUT2D eigenvalue weighted by Crippen LogP contribution is 2.27. The fourth-order valence-electron chi connectivity index (χ4n) is 4.08. The van der Waals surface area contributed by atoms with Gasteiger partial charge in [-0.3, -0.25) is 4.79 Å². The molecule has 11 nitrogen and oxygen atoms in total. The fraction of sp³-hybridized carbons (Fsp3) is 0.667. The van der Waals surface area contributed by atoms with Crippen molar-refractivity contribution >= 4 is 12.1 Å². The molecule has 196 valence electrons. The number of aliphatic hydroxyl groups is 3. The molecule has 7 atom stereocenters. The highest BCUT2D eigenvalue weighted by Gasteiger charge is 2.46. The van der Waals surface area contributed by atoms with Crippen LogP contribution in [0.1, 0.15) is 38.2 Å². The van der Waals surface area contributed by atoms with E-state index in [0.29, 0.717) is 25.9 Å². The first kappa shape index (κ1) is 27.3. The van der Waals surface area contributed by atoms with Crippen molar-refractivity contribution in [3.63, 3.8) is 0 Å². The molecule has 0 spiro atoms. The van der Waals surface area contributed by atoms with E-state index in [4.69, 9.17) is 24.1 Å². The van der Waals surface area contributed by atoms with E-state index < -0.39 is 55.0 Å². The second-order valence-electron chi connectivity index (χ2n) is 8.91. The average Bonchev–Trinajstić information content (AvgIpc) is 3.24. The number of benzene rings is 1. The molecule has 1 aromatic rings. The number of ether oxygens (including phenoxy) is 4. The number of aliphatic hydroxyl groups excluding tert-OH is 3. The van der Waals surface area contributed by atoms with Crippen LogP contribution in [-0.4, -0.2) is 100.0 Å². The standard InChI is InChI=1S/C24H35NO10/c1-15-20(28)21(29)22(30)23(34-15)35-18-13-25(24(31)33-14-16-8-4-2-5-9-16)12-17(18)32-11-7-3-6-10-19(26)27/h2,4-5,8-9,15,17-18,20-23,28-30H,3,6-7,10-14H2,1H3,(H,26,27)/t15-,17+,18+,20+,21+,22-,23-/m0/s1. The molecule has 0 aromatic heterocycles. The number of hydrogen-bond donors (Lipinski definition) is 4. The molecule has 0 unspecified atom stereocenters. The third-order valence-electron chi connectivity index (χ3n) is 6.16. The first-order valence-electron chi connectivity index (χ1n) is 11.9. The van der Waals surface area contributed by atoms with Crippen LogP contribution >= 0.6 is 0 Å². The Balaban J connectivity index is 1.57. The maximum atomic E-state index is 12.7. The quantitative estimate of drug-likeness (QED) is 0.324. The number of aliphatic carboxylic acids is 1. The minimum absolute atomic E-state index is 0.0967. The lowest BCUT2D eigenvalue weighted by Gasteiger charge is -2.40. The minimum Gasteiger partial charge on any atom is -0.481 e. The van der Waals surface area contributed by atoms with Gasteiger partial charge in [0.25, 0.3) is 0 Å². The first-order chi connectivity index (χ1) is 16.8. The topological polar surface area (TPSA) is 155 Å². The van der Waals surface area contributed by atoms with E-state index in [9.17, 15) is 24.9 Å². The number of hydrogen-bond acceptors (Lipinski definition) is 9. The Labute approximate surface area is 204 Å². The van der Waals surface area contributed by atoms with Gasteiger partial charge in [0.15, 0.2) is 6.29 Å². The summed E-state index contributed by atoms with van der Waals surface area (Å²) in [6, 6.07) is 9.27. The molecular formula is C24H35NO10. The van der Waals surface area contributed by atoms with Gasteiger partial charge in [-0.15, -0.1) is 0 Å². The van der Waals surface area contributed by atoms with Crippen LogP contribution in [0, 0.1) is 0 Å². The number of likely N-dealkylation sites (tertiary alicyclic amines) is 1. The summed E-state index contributed by atoms with van der Waals surface area (Å²) in [6.45, 7) is 2.32. The SMILES string of the molecule is C[C@@H]1O[C@@H](O[C@@H]2CN(C(=O)OCc3ccccc3)C[C@H]2OCCCCCC(=O)O)[C@@H](O)[C@H](O)[C@@H]1O. The summed E-state index contributed by atoms with van der Waals surface area (Å²) in [5.41, 5.74) is 0.849. The zero-order chi connectivity index (χ0) is 25.4. The molecule has 2 aliphatic rings. The lowest BCUT2D eigenvalue weighted by molar-refractivity contribution is -0.308. The van der Waals surface area contributed by atoms with E-state index in [1.807, 2.05) is 30.3 Å². The molecule has 0 saturated carbocycles. The molecule has 0 bridgehead atoms. The molecule has 11 heteroatoms. The minimum atomic E-state index is -1.48. The fourth-order valence-corrected chi connectivity index (χ4v) is 4.08. The number of unbranched alkanes of at least 4 members (excludes halogenated alkanes) is 2. The van der Waals surface area contributed by atoms with Gasteiger partial charge in [-0.25, -0.2) is 4.79 Å². The Morgan fingerprint density at radius 2 is 1.71 bits per heavy atom. The second-order valence-corrected chi connectivity index (χ2v) is 8.91. The highest BCUT2D eigenvalue weighted by molar-refractivity contribution is 5.68. The zero-order valence-corrected chi connectivity index (χ0v) is 19.8. The molecule has 2 fully saturated rings. The number of carbonyl (C=O) groups excluding carboxylic acids is 1. The Hall–Kier alpha value is -2.28. The molecule has 1 aromatic carbocycles. The predicted octanol–water partition coefficient (Wildman–Crippen LogP) is 0.882. The summed E-state index contributed by atoms with van der Waals surface area (Å²) in [5, 5.41) is 39.1. The molecule has 0 radical (unpaired) electrons. The van der Waals surface area contributed by atoms with Gasteiger partial charge in [0, 0.05) is 13.0 Å². The van der Waals surface area contributed by atoms with Crippen LogP contribution in [0.5, 0.6) is 0 Å². The summed E-state index contributed by atoms with van der Waals surface area (Å²) in [6.07, 6.45) is -5.95. The predicted molar refractivity (Wildman–Crippen MR) is 121 cm³/mol. The van der Waals surface area contributed by atoms with Gasteiger partial charge in [0.2, 0.25) is 0 Å². The number of carbonyl (C=O) groups is 2. The first-order valence-corrected chi connectivity index (χ1v) is 11.9. The molecule has 1 amide bonds. The molecule has 2 aliphatic heterocycles. The van der Waals surface area contributed by atoms with Gasteiger partial charge in [0.1, 0.15) is 37.1 Å². The van der Waals surface area contributed by atoms with Crippen molar-refractivity contribution in [2.24, 2.45) is 0 Å². The molecule has 35 heavy (non-hydrogen) atoms. The van der Waals surface area contributed by atoms with E-state index in [1.54, 1.807) is 6.92 Å². The van der Waals surface area contributed by atoms with Crippen LogP contribution in [0.4, 0.5) is 4.79 Å². The largest absolute Gasteiger partial charge is 0.481 e. The lowest BCUT2D eigenvalue weighted by atomic mass is 10.00. The van der Waals surface area contributed by atoms with Crippen molar-refractivity contribution in [2.75, 3.05) is 19.7 Å². The number of carboxylic acid groups (broad SMARTS) is 1. The number of nitrogens with zero attached hydrogens (tertiary/aromatic N) is 1. The van der Waals surface area contributed by atoms with E-state index >= 15 is 0 Å². The van der Waals surface area contributed by atoms with Crippen LogP contribution < -0.4 is 0 Å². The normalized spacial score (nSPS) is 30.9. The maximum absolute atomic E-state index is 12.7. The summed E-state index contributed by atoms with van der Waals surface area (Å²) < 4.78 is 22.8. The third kappa shape index (κ3) is 7.86. The van der Waals surface area contributed by atoms with E-state index in [2.05, 4.69) is 0 Å². The van der Waals surface area contributed by atoms with Crippen LogP contribution in [0.2, 0.25) is 0 Å². The van der Waals surface area contributed by atoms with Crippen molar-refractivity contribution in [1.29, 1.82) is 0 Å². The van der Waals surface area contributed by atoms with Crippen LogP contribution in [0.15, 0.2) is 30.3 Å². The van der Waals surface area contributed by atoms with Crippen molar-refractivity contribution in [3.8, 4) is 0 Å². The molecule has 3 rings (SSSR count). The second kappa shape index (κ2) is 13.1. The van der Waals surface area contributed by atoms with Gasteiger partial charge in [-0.2, -0.15) is 0 Å². The average molecular weight is 498 g/mol. The molecular weight excluding hydrogens is 462 g/mol. The third-order valence-corrected chi connectivity index (χ3v) is 6.16. The van der Waals surface area contributed by atoms with E-state index in [-0.39, 0.29) is 26.1 Å². The van der Waals surface area contributed by atoms with Gasteiger partial charge < -0.3 is 44.3 Å². The summed E-state index contributed by atoms with van der Waals surface area (Å²) in [4.78, 5) is 24.8. The number of amides is 1. The van der Waals surface area contributed by atoms with Crippen LogP contribution in [0.25, 0.3) is 0 Å². The van der Waals surface area contributed by atoms with Crippen molar-refractivity contribution < 1.29 is 49.0 Å². The smallest absolute Gasteiger partial charge is 0.410 e. The van der Waals surface area contributed by atoms with Crippen LogP contribution in [-0.2, 0) is 30.3 Å². The number of carboxylic acids is 1. The van der Waals surface area contributed by atoms with E-state index in [1.165, 1.54) is 4.90 Å². The molecule has 2 saturated heterocycles.